The third-order valence-corrected chi connectivity index (χ3v) is 5.15. The van der Waals surface area contributed by atoms with Crippen molar-refractivity contribution in [3.8, 4) is 0 Å². The zero-order chi connectivity index (χ0) is 25.3. The van der Waals surface area contributed by atoms with Crippen molar-refractivity contribution in [1.82, 2.24) is 34.3 Å². The molecule has 0 radical (unpaired) electrons. The maximum atomic E-state index is 11.6. The zero-order valence-electron chi connectivity index (χ0n) is 17.9. The van der Waals surface area contributed by atoms with E-state index in [-0.39, 0.29) is 30.5 Å². The van der Waals surface area contributed by atoms with E-state index in [9.17, 15) is 19.8 Å². The summed E-state index contributed by atoms with van der Waals surface area (Å²) in [6.45, 7) is -0.434. The van der Waals surface area contributed by atoms with Crippen molar-refractivity contribution in [3.63, 3.8) is 0 Å². The highest BCUT2D eigenvalue weighted by atomic mass is 16.7. The first-order valence-electron chi connectivity index (χ1n) is 10.2. The third-order valence-electron chi connectivity index (χ3n) is 5.15. The van der Waals surface area contributed by atoms with Crippen LogP contribution in [-0.2, 0) is 14.2 Å². The van der Waals surface area contributed by atoms with Crippen LogP contribution in [0.4, 0.5) is 5.95 Å². The number of amides is 1. The SMILES string of the molecule is NC(=O)c1ncn([C@@H]2O[C@H](CO)[C@@H](O)[C@H]2O)n1.Nc1nc2c(ncn2[C@H]2CO[C@@H](CO)O2)c(=O)[nH]1. The normalized spacial score (nSPS) is 28.2. The Balaban J connectivity index is 0.000000165. The van der Waals surface area contributed by atoms with Crippen LogP contribution < -0.4 is 17.0 Å². The molecule has 190 valence electrons. The first kappa shape index (κ1) is 24.6. The summed E-state index contributed by atoms with van der Waals surface area (Å²) in [6.07, 6.45) is -2.99. The van der Waals surface area contributed by atoms with Gasteiger partial charge in [0.25, 0.3) is 11.5 Å². The molecule has 1 amide bonds. The number of nitrogen functional groups attached to an aromatic ring is 1. The molecule has 2 saturated heterocycles. The molecular formula is C17H23N9O9. The Bertz CT molecular complexity index is 1240. The number of H-pyrrole nitrogens is 1. The number of imidazole rings is 1. The van der Waals surface area contributed by atoms with Gasteiger partial charge in [0.15, 0.2) is 29.9 Å². The van der Waals surface area contributed by atoms with Crippen molar-refractivity contribution in [2.24, 2.45) is 5.73 Å². The Labute approximate surface area is 194 Å². The van der Waals surface area contributed by atoms with Gasteiger partial charge in [0.1, 0.15) is 24.6 Å². The van der Waals surface area contributed by atoms with Crippen LogP contribution in [0, 0.1) is 0 Å². The molecule has 0 aromatic carbocycles. The van der Waals surface area contributed by atoms with Crippen molar-refractivity contribution in [2.45, 2.75) is 37.1 Å². The molecule has 35 heavy (non-hydrogen) atoms. The topological polar surface area (TPSA) is 272 Å². The van der Waals surface area contributed by atoms with Gasteiger partial charge in [-0.1, -0.05) is 0 Å². The quantitative estimate of drug-likeness (QED) is 0.175. The molecule has 18 nitrogen and oxygen atoms in total. The van der Waals surface area contributed by atoms with E-state index in [0.717, 1.165) is 11.0 Å². The fourth-order valence-corrected chi connectivity index (χ4v) is 3.45. The van der Waals surface area contributed by atoms with Crippen LogP contribution in [-0.4, -0.2) is 105 Å². The van der Waals surface area contributed by atoms with Crippen molar-refractivity contribution >= 4 is 23.0 Å². The number of carbonyl (C=O) groups excluding carboxylic acids is 1. The molecule has 9 N–H and O–H groups in total. The highest BCUT2D eigenvalue weighted by Gasteiger charge is 2.44. The van der Waals surface area contributed by atoms with Gasteiger partial charge in [-0.05, 0) is 0 Å². The van der Waals surface area contributed by atoms with E-state index in [1.54, 1.807) is 4.57 Å². The first-order valence-corrected chi connectivity index (χ1v) is 10.2. The maximum absolute atomic E-state index is 11.6. The van der Waals surface area contributed by atoms with E-state index in [1.165, 1.54) is 6.33 Å². The van der Waals surface area contributed by atoms with Gasteiger partial charge in [-0.3, -0.25) is 19.1 Å². The number of nitrogens with one attached hydrogen (secondary N) is 1. The van der Waals surface area contributed by atoms with Gasteiger partial charge in [0.05, 0.1) is 26.1 Å². The Morgan fingerprint density at radius 3 is 2.54 bits per heavy atom. The van der Waals surface area contributed by atoms with Crippen LogP contribution in [0.3, 0.4) is 0 Å². The molecule has 18 heteroatoms. The van der Waals surface area contributed by atoms with Crippen molar-refractivity contribution < 1.29 is 39.4 Å². The van der Waals surface area contributed by atoms with Crippen molar-refractivity contribution in [2.75, 3.05) is 25.6 Å². The zero-order valence-corrected chi connectivity index (χ0v) is 17.9. The van der Waals surface area contributed by atoms with Crippen LogP contribution >= 0.6 is 0 Å². The summed E-state index contributed by atoms with van der Waals surface area (Å²) in [6, 6.07) is 0. The lowest BCUT2D eigenvalue weighted by atomic mass is 10.1. The van der Waals surface area contributed by atoms with Gasteiger partial charge in [-0.2, -0.15) is 4.98 Å². The van der Waals surface area contributed by atoms with E-state index in [1.807, 2.05) is 0 Å². The summed E-state index contributed by atoms with van der Waals surface area (Å²) in [5.74, 6) is -1.02. The van der Waals surface area contributed by atoms with Gasteiger partial charge in [0, 0.05) is 0 Å². The number of primary amides is 1. The van der Waals surface area contributed by atoms with E-state index < -0.39 is 55.1 Å². The summed E-state index contributed by atoms with van der Waals surface area (Å²) in [4.78, 5) is 36.3. The molecule has 0 saturated carbocycles. The Kier molecular flexibility index (Phi) is 7.03. The van der Waals surface area contributed by atoms with Gasteiger partial charge < -0.3 is 46.1 Å². The van der Waals surface area contributed by atoms with Crippen LogP contribution in [0.2, 0.25) is 0 Å². The van der Waals surface area contributed by atoms with E-state index >= 15 is 0 Å². The monoisotopic (exact) mass is 497 g/mol. The molecule has 2 fully saturated rings. The predicted octanol–water partition coefficient (Wildman–Crippen LogP) is -4.45. The minimum atomic E-state index is -1.27. The fraction of sp³-hybridized carbons (Fsp3) is 0.529. The van der Waals surface area contributed by atoms with Crippen LogP contribution in [0.15, 0.2) is 17.4 Å². The molecule has 2 aliphatic heterocycles. The highest BCUT2D eigenvalue weighted by molar-refractivity contribution is 5.88. The summed E-state index contributed by atoms with van der Waals surface area (Å²) < 4.78 is 18.4. The minimum Gasteiger partial charge on any atom is -0.394 e. The lowest BCUT2D eigenvalue weighted by molar-refractivity contribution is -0.0980. The number of nitrogens with two attached hydrogens (primary N) is 2. The highest BCUT2D eigenvalue weighted by Crippen LogP contribution is 2.28. The number of fused-ring (bicyclic) bond motifs is 1. The molecule has 5 rings (SSSR count). The van der Waals surface area contributed by atoms with Gasteiger partial charge in [-0.15, -0.1) is 5.10 Å². The van der Waals surface area contributed by atoms with Crippen LogP contribution in [0.5, 0.6) is 0 Å². The molecule has 0 bridgehead atoms. The first-order chi connectivity index (χ1) is 16.7. The number of hydrogen-bond donors (Lipinski definition) is 7. The number of aromatic amines is 1. The number of rotatable bonds is 5. The van der Waals surface area contributed by atoms with E-state index in [0.29, 0.717) is 5.65 Å². The lowest BCUT2D eigenvalue weighted by Gasteiger charge is -2.13. The molecule has 0 spiro atoms. The Hall–Kier alpha value is -3.52. The molecule has 2 aliphatic rings. The number of carbonyl (C=O) groups is 1. The third kappa shape index (κ3) is 4.84. The van der Waals surface area contributed by atoms with Crippen LogP contribution in [0.1, 0.15) is 23.1 Å². The lowest BCUT2D eigenvalue weighted by Crippen LogP contribution is -2.33. The molecule has 6 atom stereocenters. The molecule has 3 aromatic rings. The predicted molar refractivity (Wildman–Crippen MR) is 111 cm³/mol. The summed E-state index contributed by atoms with van der Waals surface area (Å²) in [7, 11) is 0. The Morgan fingerprint density at radius 2 is 1.94 bits per heavy atom. The largest absolute Gasteiger partial charge is 0.394 e. The standard InChI is InChI=1S/C9H11N5O4.C8H12N4O5/c10-9-12-7-6(8(16)13-9)11-3-14(7)4-2-17-5(1-15)18-4;9-6(16)7-10-2-12(11-7)8-5(15)4(14)3(1-13)17-8/h3-5,15H,1-2H2,(H3,10,12,13,16);2-5,8,13-15H,1H2,(H2,9,16)/t4-,5-;3-,4-,5-,8-/m11/s1. The maximum Gasteiger partial charge on any atom is 0.288 e. The Morgan fingerprint density at radius 1 is 1.17 bits per heavy atom. The molecule has 0 unspecified atom stereocenters. The number of hydrogen-bond acceptors (Lipinski definition) is 14. The molecule has 5 heterocycles. The number of aliphatic hydroxyl groups excluding tert-OH is 4. The molecule has 3 aromatic heterocycles. The summed E-state index contributed by atoms with van der Waals surface area (Å²) >= 11 is 0. The van der Waals surface area contributed by atoms with Crippen LogP contribution in [0.25, 0.3) is 11.2 Å². The number of nitrogens with zero attached hydrogens (tertiary/aromatic N) is 6. The number of anilines is 1. The van der Waals surface area contributed by atoms with Crippen molar-refractivity contribution in [3.05, 3.63) is 28.8 Å². The van der Waals surface area contributed by atoms with Gasteiger partial charge in [0.2, 0.25) is 11.8 Å². The molecular weight excluding hydrogens is 474 g/mol. The summed E-state index contributed by atoms with van der Waals surface area (Å²) in [5, 5.41) is 40.7. The van der Waals surface area contributed by atoms with Gasteiger partial charge >= 0.3 is 0 Å². The fourth-order valence-electron chi connectivity index (χ4n) is 3.45. The number of aromatic nitrogens is 7. The second-order valence-electron chi connectivity index (χ2n) is 7.45. The molecule has 0 aliphatic carbocycles. The van der Waals surface area contributed by atoms with Gasteiger partial charge in [-0.25, -0.2) is 14.6 Å². The average Bonchev–Trinajstić information content (AvgIpc) is 3.61. The minimum absolute atomic E-state index is 0.00636. The number of ether oxygens (including phenoxy) is 3. The summed E-state index contributed by atoms with van der Waals surface area (Å²) in [5.41, 5.74) is 10.6. The van der Waals surface area contributed by atoms with E-state index in [2.05, 4.69) is 25.0 Å². The smallest absolute Gasteiger partial charge is 0.288 e. The van der Waals surface area contributed by atoms with E-state index in [4.69, 9.17) is 35.9 Å². The number of aliphatic hydroxyl groups is 4. The average molecular weight is 497 g/mol. The second kappa shape index (κ2) is 10.00. The van der Waals surface area contributed by atoms with Crippen molar-refractivity contribution in [1.29, 1.82) is 0 Å². The second-order valence-corrected chi connectivity index (χ2v) is 7.45.